The first-order valence-corrected chi connectivity index (χ1v) is 7.09. The van der Waals surface area contributed by atoms with Crippen molar-refractivity contribution < 1.29 is 19.1 Å². The third-order valence-corrected chi connectivity index (χ3v) is 3.32. The Morgan fingerprint density at radius 1 is 1.35 bits per heavy atom. The highest BCUT2D eigenvalue weighted by atomic mass is 35.5. The minimum absolute atomic E-state index is 0. The van der Waals surface area contributed by atoms with E-state index in [2.05, 4.69) is 10.6 Å². The summed E-state index contributed by atoms with van der Waals surface area (Å²) in [5, 5.41) is 5.55. The van der Waals surface area contributed by atoms with E-state index < -0.39 is 11.9 Å². The monoisotopic (exact) mass is 343 g/mol. The molecule has 0 spiro atoms. The zero-order valence-corrected chi connectivity index (χ0v) is 13.9. The van der Waals surface area contributed by atoms with Crippen LogP contribution in [0.5, 0.6) is 5.75 Å². The number of nitrogens with two attached hydrogens (primary N) is 1. The Hall–Kier alpha value is -1.83. The molecule has 128 valence electrons. The van der Waals surface area contributed by atoms with E-state index >= 15 is 0 Å². The molecular weight excluding hydrogens is 322 g/mol. The Bertz CT molecular complexity index is 564. The number of benzene rings is 1. The summed E-state index contributed by atoms with van der Waals surface area (Å²) in [6.45, 7) is 0.103. The molecule has 2 rings (SSSR count). The van der Waals surface area contributed by atoms with Crippen LogP contribution in [0.15, 0.2) is 18.2 Å². The molecule has 0 aromatic heterocycles. The highest BCUT2D eigenvalue weighted by molar-refractivity contribution is 6.05. The topological polar surface area (TPSA) is 103 Å². The van der Waals surface area contributed by atoms with Gasteiger partial charge in [-0.2, -0.15) is 0 Å². The molecule has 23 heavy (non-hydrogen) atoms. The second-order valence-electron chi connectivity index (χ2n) is 5.21. The second-order valence-corrected chi connectivity index (χ2v) is 5.21. The summed E-state index contributed by atoms with van der Waals surface area (Å²) in [6.07, 6.45) is 1.96. The van der Waals surface area contributed by atoms with Gasteiger partial charge >= 0.3 is 0 Å². The smallest absolute Gasteiger partial charge is 0.253 e. The second kappa shape index (κ2) is 8.71. The molecule has 0 radical (unpaired) electrons. The summed E-state index contributed by atoms with van der Waals surface area (Å²) in [5.74, 6) is -0.107. The maximum atomic E-state index is 12.3. The lowest BCUT2D eigenvalue weighted by atomic mass is 10.1. The van der Waals surface area contributed by atoms with Gasteiger partial charge in [0.15, 0.2) is 0 Å². The summed E-state index contributed by atoms with van der Waals surface area (Å²) in [4.78, 5) is 24.3. The van der Waals surface area contributed by atoms with Gasteiger partial charge in [-0.15, -0.1) is 12.4 Å². The van der Waals surface area contributed by atoms with Crippen molar-refractivity contribution in [3.05, 3.63) is 23.8 Å². The summed E-state index contributed by atoms with van der Waals surface area (Å²) < 4.78 is 9.99. The largest absolute Gasteiger partial charge is 0.497 e. The molecule has 0 heterocycles. The number of carbonyl (C=O) groups excluding carboxylic acids is 2. The third kappa shape index (κ3) is 5.38. The normalized spacial score (nSPS) is 14.4. The van der Waals surface area contributed by atoms with Crippen molar-refractivity contribution in [2.24, 2.45) is 5.73 Å². The maximum absolute atomic E-state index is 12.3. The maximum Gasteiger partial charge on any atom is 0.253 e. The first kappa shape index (κ1) is 19.2. The summed E-state index contributed by atoms with van der Waals surface area (Å²) >= 11 is 0. The van der Waals surface area contributed by atoms with Crippen molar-refractivity contribution in [1.82, 2.24) is 5.32 Å². The van der Waals surface area contributed by atoms with E-state index in [-0.39, 0.29) is 31.0 Å². The summed E-state index contributed by atoms with van der Waals surface area (Å²) in [6, 6.07) is 4.31. The van der Waals surface area contributed by atoms with E-state index in [9.17, 15) is 9.59 Å². The number of carbonyl (C=O) groups is 2. The van der Waals surface area contributed by atoms with Crippen molar-refractivity contribution in [2.45, 2.75) is 24.9 Å². The zero-order valence-electron chi connectivity index (χ0n) is 13.1. The fourth-order valence-electron chi connectivity index (χ4n) is 1.92. The van der Waals surface area contributed by atoms with E-state index in [0.717, 1.165) is 12.8 Å². The third-order valence-electron chi connectivity index (χ3n) is 3.32. The predicted molar refractivity (Wildman–Crippen MR) is 89.2 cm³/mol. The molecular formula is C15H22ClN3O4. The van der Waals surface area contributed by atoms with Crippen molar-refractivity contribution in [3.8, 4) is 5.75 Å². The van der Waals surface area contributed by atoms with Crippen molar-refractivity contribution in [1.29, 1.82) is 0 Å². The van der Waals surface area contributed by atoms with Gasteiger partial charge in [0.1, 0.15) is 11.8 Å². The molecule has 1 atom stereocenters. The number of nitrogens with one attached hydrogen (secondary N) is 2. The van der Waals surface area contributed by atoms with Gasteiger partial charge in [0.05, 0.1) is 25.0 Å². The molecule has 1 saturated carbocycles. The van der Waals surface area contributed by atoms with Crippen molar-refractivity contribution in [3.63, 3.8) is 0 Å². The molecule has 0 saturated heterocycles. The average Bonchev–Trinajstić information content (AvgIpc) is 3.31. The molecule has 1 aromatic rings. The first-order valence-electron chi connectivity index (χ1n) is 7.09. The Kier molecular flexibility index (Phi) is 7.28. The molecule has 2 amide bonds. The number of amides is 2. The van der Waals surface area contributed by atoms with E-state index in [1.165, 1.54) is 14.2 Å². The van der Waals surface area contributed by atoms with Crippen molar-refractivity contribution in [2.75, 3.05) is 26.1 Å². The van der Waals surface area contributed by atoms with Gasteiger partial charge in [-0.25, -0.2) is 0 Å². The van der Waals surface area contributed by atoms with Crippen LogP contribution in [0.2, 0.25) is 0 Å². The first-order chi connectivity index (χ1) is 10.5. The van der Waals surface area contributed by atoms with Gasteiger partial charge in [0.2, 0.25) is 5.91 Å². The van der Waals surface area contributed by atoms with Crippen LogP contribution in [0, 0.1) is 0 Å². The van der Waals surface area contributed by atoms with Crippen LogP contribution in [0.3, 0.4) is 0 Å². The van der Waals surface area contributed by atoms with Crippen LogP contribution in [0.1, 0.15) is 23.2 Å². The molecule has 7 nitrogen and oxygen atoms in total. The van der Waals surface area contributed by atoms with E-state index in [1.807, 2.05) is 0 Å². The van der Waals surface area contributed by atoms with Crippen LogP contribution in [0.25, 0.3) is 0 Å². The Balaban J connectivity index is 0.00000264. The summed E-state index contributed by atoms with van der Waals surface area (Å²) in [5.41, 5.74) is 6.44. The highest BCUT2D eigenvalue weighted by Crippen LogP contribution is 2.25. The van der Waals surface area contributed by atoms with Crippen molar-refractivity contribution >= 4 is 29.9 Å². The number of methoxy groups -OCH3 is 2. The minimum Gasteiger partial charge on any atom is -0.497 e. The highest BCUT2D eigenvalue weighted by Gasteiger charge is 2.26. The lowest BCUT2D eigenvalue weighted by Crippen LogP contribution is -2.39. The van der Waals surface area contributed by atoms with Crippen LogP contribution in [-0.4, -0.2) is 44.7 Å². The number of halogens is 1. The van der Waals surface area contributed by atoms with Gasteiger partial charge in [-0.1, -0.05) is 0 Å². The molecule has 4 N–H and O–H groups in total. The van der Waals surface area contributed by atoms with Gasteiger partial charge in [0.25, 0.3) is 5.91 Å². The van der Waals surface area contributed by atoms with Crippen LogP contribution >= 0.6 is 12.4 Å². The lowest BCUT2D eigenvalue weighted by Gasteiger charge is -2.15. The van der Waals surface area contributed by atoms with E-state index in [4.69, 9.17) is 15.2 Å². The fourth-order valence-corrected chi connectivity index (χ4v) is 1.92. The van der Waals surface area contributed by atoms with Gasteiger partial charge in [-0.3, -0.25) is 9.59 Å². The zero-order chi connectivity index (χ0) is 16.1. The van der Waals surface area contributed by atoms with Gasteiger partial charge in [0, 0.05) is 13.2 Å². The summed E-state index contributed by atoms with van der Waals surface area (Å²) in [7, 11) is 2.99. The molecule has 1 unspecified atom stereocenters. The number of anilines is 1. The number of hydrogen-bond acceptors (Lipinski definition) is 5. The molecule has 1 fully saturated rings. The number of rotatable bonds is 7. The molecule has 0 aliphatic heterocycles. The van der Waals surface area contributed by atoms with E-state index in [0.29, 0.717) is 17.0 Å². The minimum atomic E-state index is -0.800. The van der Waals surface area contributed by atoms with Gasteiger partial charge in [-0.05, 0) is 31.0 Å². The van der Waals surface area contributed by atoms with Crippen LogP contribution in [-0.2, 0) is 9.53 Å². The average molecular weight is 344 g/mol. The standard InChI is InChI=1S/C15H21N3O4.ClH/c1-21-8-12(16)15(20)18-13-6-5-10(22-2)7-11(13)14(19)17-9-3-4-9;/h5-7,9,12H,3-4,8,16H2,1-2H3,(H,17,19)(H,18,20);1H. The fraction of sp³-hybridized carbons (Fsp3) is 0.467. The van der Waals surface area contributed by atoms with Crippen LogP contribution < -0.4 is 21.1 Å². The number of ether oxygens (including phenoxy) is 2. The Morgan fingerprint density at radius 2 is 2.04 bits per heavy atom. The van der Waals surface area contributed by atoms with Gasteiger partial charge < -0.3 is 25.8 Å². The molecule has 0 bridgehead atoms. The van der Waals surface area contributed by atoms with E-state index in [1.54, 1.807) is 18.2 Å². The molecule has 8 heteroatoms. The Morgan fingerprint density at radius 3 is 2.61 bits per heavy atom. The molecule has 1 aliphatic carbocycles. The van der Waals surface area contributed by atoms with Crippen LogP contribution in [0.4, 0.5) is 5.69 Å². The predicted octanol–water partition coefficient (Wildman–Crippen LogP) is 0.921. The molecule has 1 aromatic carbocycles. The quantitative estimate of drug-likeness (QED) is 0.683. The SMILES string of the molecule is COCC(N)C(=O)Nc1ccc(OC)cc1C(=O)NC1CC1.Cl. The molecule has 1 aliphatic rings. The Labute approximate surface area is 141 Å². The lowest BCUT2D eigenvalue weighted by molar-refractivity contribution is -0.118. The number of hydrogen-bond donors (Lipinski definition) is 3.